The number of rotatable bonds is 1. The molecule has 0 spiro atoms. The van der Waals surface area contributed by atoms with Gasteiger partial charge in [0.25, 0.3) is 0 Å². The van der Waals surface area contributed by atoms with Gasteiger partial charge in [-0.3, -0.25) is 4.79 Å². The second-order valence-corrected chi connectivity index (χ2v) is 4.55. The summed E-state index contributed by atoms with van der Waals surface area (Å²) >= 11 is 0. The highest BCUT2D eigenvalue weighted by molar-refractivity contribution is 5.73. The molecule has 2 rings (SSSR count). The third-order valence-corrected chi connectivity index (χ3v) is 3.42. The highest BCUT2D eigenvalue weighted by Gasteiger charge is 2.21. The molecule has 0 bridgehead atoms. The summed E-state index contributed by atoms with van der Waals surface area (Å²) in [5.74, 6) is 0.199. The molecule has 0 aromatic carbocycles. The highest BCUT2D eigenvalue weighted by Crippen LogP contribution is 2.22. The fourth-order valence-corrected chi connectivity index (χ4v) is 2.43. The van der Waals surface area contributed by atoms with Crippen molar-refractivity contribution in [2.24, 2.45) is 0 Å². The molecular weight excluding hydrogens is 200 g/mol. The second kappa shape index (κ2) is 4.73. The zero-order valence-electron chi connectivity index (χ0n) is 10.2. The van der Waals surface area contributed by atoms with Crippen molar-refractivity contribution in [2.75, 3.05) is 26.2 Å². The van der Waals surface area contributed by atoms with Crippen LogP contribution >= 0.6 is 0 Å². The fourth-order valence-electron chi connectivity index (χ4n) is 2.43. The minimum atomic E-state index is 0.199. The van der Waals surface area contributed by atoms with Gasteiger partial charge in [0.2, 0.25) is 5.91 Å². The number of allylic oxidation sites excluding steroid dienone is 3. The second-order valence-electron chi connectivity index (χ2n) is 4.55. The van der Waals surface area contributed by atoms with Crippen LogP contribution in [0.25, 0.3) is 0 Å². The van der Waals surface area contributed by atoms with Crippen LogP contribution in [-0.2, 0) is 4.79 Å². The van der Waals surface area contributed by atoms with Gasteiger partial charge in [-0.1, -0.05) is 12.2 Å². The maximum Gasteiger partial charge on any atom is 0.219 e. The first-order valence-electron chi connectivity index (χ1n) is 6.06. The van der Waals surface area contributed by atoms with Crippen LogP contribution in [-0.4, -0.2) is 41.9 Å². The summed E-state index contributed by atoms with van der Waals surface area (Å²) in [4.78, 5) is 15.6. The minimum Gasteiger partial charge on any atom is -0.368 e. The lowest BCUT2D eigenvalue weighted by Gasteiger charge is -2.38. The number of hydrogen-bond donors (Lipinski definition) is 0. The van der Waals surface area contributed by atoms with Crippen LogP contribution in [0.15, 0.2) is 23.4 Å². The summed E-state index contributed by atoms with van der Waals surface area (Å²) in [6.07, 6.45) is 6.97. The van der Waals surface area contributed by atoms with Crippen molar-refractivity contribution in [2.45, 2.75) is 26.7 Å². The topological polar surface area (TPSA) is 23.6 Å². The standard InChI is InChI=1S/C13H20N2O/c1-11-5-3-4-6-13(11)15-9-7-14(8-10-15)12(2)16/h5-6H,3-4,7-10H2,1-2H3. The Morgan fingerprint density at radius 2 is 1.75 bits per heavy atom. The molecule has 0 atom stereocenters. The normalized spacial score (nSPS) is 21.6. The molecule has 3 heteroatoms. The van der Waals surface area contributed by atoms with E-state index in [9.17, 15) is 4.79 Å². The monoisotopic (exact) mass is 220 g/mol. The Morgan fingerprint density at radius 3 is 2.31 bits per heavy atom. The Kier molecular flexibility index (Phi) is 3.32. The van der Waals surface area contributed by atoms with Gasteiger partial charge in [-0.05, 0) is 25.3 Å². The van der Waals surface area contributed by atoms with Gasteiger partial charge in [-0.15, -0.1) is 0 Å². The number of nitrogens with zero attached hydrogens (tertiary/aromatic N) is 2. The van der Waals surface area contributed by atoms with E-state index in [1.807, 2.05) is 4.90 Å². The fraction of sp³-hybridized carbons (Fsp3) is 0.615. The summed E-state index contributed by atoms with van der Waals surface area (Å²) in [6, 6.07) is 0. The van der Waals surface area contributed by atoms with Crippen molar-refractivity contribution in [1.82, 2.24) is 9.80 Å². The Labute approximate surface area is 97.4 Å². The van der Waals surface area contributed by atoms with Gasteiger partial charge in [-0.2, -0.15) is 0 Å². The van der Waals surface area contributed by atoms with E-state index in [0.717, 1.165) is 32.6 Å². The van der Waals surface area contributed by atoms with Crippen molar-refractivity contribution in [1.29, 1.82) is 0 Å². The van der Waals surface area contributed by atoms with Gasteiger partial charge in [0.1, 0.15) is 0 Å². The van der Waals surface area contributed by atoms with Crippen molar-refractivity contribution in [3.8, 4) is 0 Å². The molecule has 0 saturated carbocycles. The zero-order chi connectivity index (χ0) is 11.5. The van der Waals surface area contributed by atoms with Crippen LogP contribution < -0.4 is 0 Å². The third-order valence-electron chi connectivity index (χ3n) is 3.42. The molecule has 3 nitrogen and oxygen atoms in total. The molecule has 1 aliphatic heterocycles. The third kappa shape index (κ3) is 2.29. The molecule has 16 heavy (non-hydrogen) atoms. The number of hydrogen-bond acceptors (Lipinski definition) is 2. The number of amides is 1. The van der Waals surface area contributed by atoms with Crippen molar-refractivity contribution < 1.29 is 4.79 Å². The maximum atomic E-state index is 11.2. The molecule has 2 aliphatic rings. The lowest BCUT2D eigenvalue weighted by molar-refractivity contribution is -0.130. The van der Waals surface area contributed by atoms with Crippen LogP contribution in [0.4, 0.5) is 0 Å². The van der Waals surface area contributed by atoms with Gasteiger partial charge in [-0.25, -0.2) is 0 Å². The Bertz CT molecular complexity index is 336. The van der Waals surface area contributed by atoms with E-state index in [1.54, 1.807) is 6.92 Å². The molecule has 1 fully saturated rings. The first kappa shape index (κ1) is 11.2. The van der Waals surface area contributed by atoms with Gasteiger partial charge >= 0.3 is 0 Å². The molecule has 1 heterocycles. The lowest BCUT2D eigenvalue weighted by atomic mass is 10.0. The van der Waals surface area contributed by atoms with E-state index in [-0.39, 0.29) is 5.91 Å². The van der Waals surface area contributed by atoms with Crippen LogP contribution in [0, 0.1) is 0 Å². The summed E-state index contributed by atoms with van der Waals surface area (Å²) in [5, 5.41) is 0. The van der Waals surface area contributed by atoms with Crippen LogP contribution in [0.3, 0.4) is 0 Å². The lowest BCUT2D eigenvalue weighted by Crippen LogP contribution is -2.47. The number of carbonyl (C=O) groups excluding carboxylic acids is 1. The predicted octanol–water partition coefficient (Wildman–Crippen LogP) is 1.77. The van der Waals surface area contributed by atoms with E-state index < -0.39 is 0 Å². The van der Waals surface area contributed by atoms with E-state index in [2.05, 4.69) is 24.0 Å². The molecule has 0 aromatic heterocycles. The smallest absolute Gasteiger partial charge is 0.219 e. The first-order valence-corrected chi connectivity index (χ1v) is 6.06. The number of carbonyl (C=O) groups is 1. The largest absolute Gasteiger partial charge is 0.368 e. The van der Waals surface area contributed by atoms with E-state index >= 15 is 0 Å². The first-order chi connectivity index (χ1) is 7.68. The molecule has 0 N–H and O–H groups in total. The molecule has 0 radical (unpaired) electrons. The predicted molar refractivity (Wildman–Crippen MR) is 64.9 cm³/mol. The molecule has 1 amide bonds. The maximum absolute atomic E-state index is 11.2. The Morgan fingerprint density at radius 1 is 1.12 bits per heavy atom. The Balaban J connectivity index is 1.96. The van der Waals surface area contributed by atoms with Crippen molar-refractivity contribution in [3.63, 3.8) is 0 Å². The van der Waals surface area contributed by atoms with E-state index in [1.165, 1.54) is 17.7 Å². The summed E-state index contributed by atoms with van der Waals surface area (Å²) < 4.78 is 0. The van der Waals surface area contributed by atoms with Gasteiger partial charge in [0.05, 0.1) is 0 Å². The SMILES string of the molecule is CC(=O)N1CCN(C2=CCCC=C2C)CC1. The molecule has 1 saturated heterocycles. The van der Waals surface area contributed by atoms with E-state index in [0.29, 0.717) is 0 Å². The molecule has 0 aromatic rings. The Hall–Kier alpha value is -1.25. The average Bonchev–Trinajstić information content (AvgIpc) is 2.30. The van der Waals surface area contributed by atoms with Crippen molar-refractivity contribution in [3.05, 3.63) is 23.4 Å². The van der Waals surface area contributed by atoms with Gasteiger partial charge < -0.3 is 9.80 Å². The highest BCUT2D eigenvalue weighted by atomic mass is 16.2. The van der Waals surface area contributed by atoms with Gasteiger partial charge in [0.15, 0.2) is 0 Å². The van der Waals surface area contributed by atoms with E-state index in [4.69, 9.17) is 0 Å². The summed E-state index contributed by atoms with van der Waals surface area (Å²) in [6.45, 7) is 7.50. The van der Waals surface area contributed by atoms with Crippen molar-refractivity contribution >= 4 is 5.91 Å². The molecule has 88 valence electrons. The molecule has 1 aliphatic carbocycles. The quantitative estimate of drug-likeness (QED) is 0.672. The molecular formula is C13H20N2O. The van der Waals surface area contributed by atoms with Crippen LogP contribution in [0.2, 0.25) is 0 Å². The number of piperazine rings is 1. The summed E-state index contributed by atoms with van der Waals surface area (Å²) in [7, 11) is 0. The average molecular weight is 220 g/mol. The summed E-state index contributed by atoms with van der Waals surface area (Å²) in [5.41, 5.74) is 2.77. The van der Waals surface area contributed by atoms with Gasteiger partial charge in [0, 0.05) is 38.8 Å². The molecule has 0 unspecified atom stereocenters. The van der Waals surface area contributed by atoms with Crippen LogP contribution in [0.1, 0.15) is 26.7 Å². The van der Waals surface area contributed by atoms with Crippen LogP contribution in [0.5, 0.6) is 0 Å². The zero-order valence-corrected chi connectivity index (χ0v) is 10.2. The minimum absolute atomic E-state index is 0.199.